The van der Waals surface area contributed by atoms with Gasteiger partial charge in [-0.15, -0.1) is 35.3 Å². The maximum absolute atomic E-state index is 5.94. The van der Waals surface area contributed by atoms with Crippen molar-refractivity contribution in [1.82, 2.24) is 20.0 Å². The van der Waals surface area contributed by atoms with Gasteiger partial charge in [0.05, 0.1) is 25.9 Å². The third-order valence-electron chi connectivity index (χ3n) is 3.82. The topological polar surface area (TPSA) is 72.2 Å². The molecular weight excluding hydrogens is 489 g/mol. The molecular formula is C19H26IN5O2S. The molecule has 0 aliphatic carbocycles. The zero-order chi connectivity index (χ0) is 19.1. The highest BCUT2D eigenvalue weighted by molar-refractivity contribution is 14.0. The summed E-state index contributed by atoms with van der Waals surface area (Å²) in [7, 11) is 1.65. The lowest BCUT2D eigenvalue weighted by Gasteiger charge is -2.18. The lowest BCUT2D eigenvalue weighted by atomic mass is 10.3. The Hall–Kier alpha value is -2.01. The molecule has 0 fully saturated rings. The van der Waals surface area contributed by atoms with Crippen molar-refractivity contribution < 1.29 is 9.47 Å². The Labute approximate surface area is 186 Å². The first kappa shape index (κ1) is 22.3. The number of nitrogens with one attached hydrogen (secondary N) is 2. The lowest BCUT2D eigenvalue weighted by Crippen LogP contribution is -2.41. The number of hydrogen-bond donors (Lipinski definition) is 2. The fourth-order valence-electron chi connectivity index (χ4n) is 2.54. The number of rotatable bonds is 8. The lowest BCUT2D eigenvalue weighted by molar-refractivity contribution is 0.223. The zero-order valence-electron chi connectivity index (χ0n) is 16.2. The number of benzene rings is 1. The largest absolute Gasteiger partial charge is 0.497 e. The van der Waals surface area contributed by atoms with E-state index in [0.717, 1.165) is 34.7 Å². The van der Waals surface area contributed by atoms with Crippen molar-refractivity contribution in [2.45, 2.75) is 26.5 Å². The highest BCUT2D eigenvalue weighted by Crippen LogP contribution is 2.19. The summed E-state index contributed by atoms with van der Waals surface area (Å²) in [6.07, 6.45) is 3.98. The van der Waals surface area contributed by atoms with Crippen molar-refractivity contribution in [3.8, 4) is 11.5 Å². The van der Waals surface area contributed by atoms with Gasteiger partial charge in [-0.25, -0.2) is 9.98 Å². The van der Waals surface area contributed by atoms with Gasteiger partial charge < -0.3 is 20.1 Å². The zero-order valence-corrected chi connectivity index (χ0v) is 19.4. The Morgan fingerprint density at radius 3 is 2.89 bits per heavy atom. The van der Waals surface area contributed by atoms with Crippen LogP contribution in [0.15, 0.2) is 47.0 Å². The van der Waals surface area contributed by atoms with Gasteiger partial charge in [0.1, 0.15) is 17.6 Å². The molecule has 3 aromatic rings. The summed E-state index contributed by atoms with van der Waals surface area (Å²) in [5.41, 5.74) is 0.944. The number of halogens is 1. The molecule has 0 spiro atoms. The van der Waals surface area contributed by atoms with E-state index in [9.17, 15) is 0 Å². The quantitative estimate of drug-likeness (QED) is 0.273. The molecule has 0 radical (unpaired) electrons. The Morgan fingerprint density at radius 1 is 1.32 bits per heavy atom. The molecule has 0 bridgehead atoms. The molecule has 2 N–H and O–H groups in total. The average Bonchev–Trinajstić information content (AvgIpc) is 3.26. The van der Waals surface area contributed by atoms with E-state index in [-0.39, 0.29) is 30.1 Å². The van der Waals surface area contributed by atoms with Gasteiger partial charge in [0.15, 0.2) is 10.9 Å². The third-order valence-corrected chi connectivity index (χ3v) is 4.59. The van der Waals surface area contributed by atoms with E-state index in [4.69, 9.17) is 9.47 Å². The molecule has 1 atom stereocenters. The fraction of sp³-hybridized carbons (Fsp3) is 0.368. The molecule has 9 heteroatoms. The van der Waals surface area contributed by atoms with Gasteiger partial charge in [0, 0.05) is 30.4 Å². The van der Waals surface area contributed by atoms with Gasteiger partial charge in [-0.3, -0.25) is 4.40 Å². The SMILES string of the molecule is CCNC(=NCc1cn2ccsc2n1)NCC(C)Oc1cccc(OC)c1.I. The van der Waals surface area contributed by atoms with Crippen LogP contribution in [0.25, 0.3) is 4.96 Å². The second kappa shape index (κ2) is 11.1. The normalized spacial score (nSPS) is 12.3. The fourth-order valence-corrected chi connectivity index (χ4v) is 3.26. The molecule has 0 saturated carbocycles. The predicted molar refractivity (Wildman–Crippen MR) is 124 cm³/mol. The number of guanidine groups is 1. The Kier molecular flexibility index (Phi) is 8.84. The van der Waals surface area contributed by atoms with Crippen LogP contribution in [-0.2, 0) is 6.54 Å². The predicted octanol–water partition coefficient (Wildman–Crippen LogP) is 3.55. The van der Waals surface area contributed by atoms with Crippen molar-refractivity contribution in [2.75, 3.05) is 20.2 Å². The molecule has 7 nitrogen and oxygen atoms in total. The van der Waals surface area contributed by atoms with Crippen LogP contribution < -0.4 is 20.1 Å². The molecule has 28 heavy (non-hydrogen) atoms. The molecule has 2 aromatic heterocycles. The van der Waals surface area contributed by atoms with Crippen LogP contribution in [0.4, 0.5) is 0 Å². The minimum atomic E-state index is -0.0288. The standard InChI is InChI=1S/C19H25N5O2S.HI/c1-4-20-18(22-12-15-13-24-8-9-27-19(24)23-15)21-11-14(2)26-17-7-5-6-16(10-17)25-3;/h5-10,13-14H,4,11-12H2,1-3H3,(H2,20,21,22);1H. The van der Waals surface area contributed by atoms with Gasteiger partial charge in [-0.05, 0) is 26.0 Å². The molecule has 152 valence electrons. The summed E-state index contributed by atoms with van der Waals surface area (Å²) < 4.78 is 13.2. The van der Waals surface area contributed by atoms with Gasteiger partial charge in [0.25, 0.3) is 0 Å². The van der Waals surface area contributed by atoms with E-state index < -0.39 is 0 Å². The average molecular weight is 515 g/mol. The van der Waals surface area contributed by atoms with Crippen LogP contribution in [0.5, 0.6) is 11.5 Å². The smallest absolute Gasteiger partial charge is 0.193 e. The molecule has 0 aliphatic rings. The number of methoxy groups -OCH3 is 1. The van der Waals surface area contributed by atoms with Gasteiger partial charge >= 0.3 is 0 Å². The van der Waals surface area contributed by atoms with Crippen LogP contribution in [0.2, 0.25) is 0 Å². The van der Waals surface area contributed by atoms with Crippen LogP contribution in [0.1, 0.15) is 19.5 Å². The minimum absolute atomic E-state index is 0. The summed E-state index contributed by atoms with van der Waals surface area (Å²) in [5, 5.41) is 8.59. The summed E-state index contributed by atoms with van der Waals surface area (Å²) in [5.74, 6) is 2.31. The van der Waals surface area contributed by atoms with Crippen molar-refractivity contribution in [2.24, 2.45) is 4.99 Å². The number of ether oxygens (including phenoxy) is 2. The highest BCUT2D eigenvalue weighted by atomic mass is 127. The maximum Gasteiger partial charge on any atom is 0.193 e. The molecule has 1 unspecified atom stereocenters. The first-order chi connectivity index (χ1) is 13.2. The van der Waals surface area contributed by atoms with Gasteiger partial charge in [-0.1, -0.05) is 6.07 Å². The van der Waals surface area contributed by atoms with E-state index >= 15 is 0 Å². The van der Waals surface area contributed by atoms with Gasteiger partial charge in [0.2, 0.25) is 0 Å². The number of aliphatic imine (C=N–C) groups is 1. The van der Waals surface area contributed by atoms with Crippen molar-refractivity contribution >= 4 is 46.2 Å². The maximum atomic E-state index is 5.94. The summed E-state index contributed by atoms with van der Waals surface area (Å²) in [6.45, 7) is 5.99. The molecule has 1 aromatic carbocycles. The Bertz CT molecular complexity index is 867. The van der Waals surface area contributed by atoms with E-state index in [1.165, 1.54) is 0 Å². The number of hydrogen-bond acceptors (Lipinski definition) is 5. The molecule has 0 saturated heterocycles. The third kappa shape index (κ3) is 6.26. The van der Waals surface area contributed by atoms with Crippen LogP contribution in [0.3, 0.4) is 0 Å². The first-order valence-electron chi connectivity index (χ1n) is 8.92. The second-order valence-electron chi connectivity index (χ2n) is 6.01. The molecule has 3 rings (SSSR count). The monoisotopic (exact) mass is 515 g/mol. The minimum Gasteiger partial charge on any atom is -0.497 e. The van der Waals surface area contributed by atoms with Crippen molar-refractivity contribution in [3.63, 3.8) is 0 Å². The van der Waals surface area contributed by atoms with E-state index in [0.29, 0.717) is 13.1 Å². The van der Waals surface area contributed by atoms with E-state index in [1.54, 1.807) is 18.4 Å². The van der Waals surface area contributed by atoms with Crippen LogP contribution >= 0.6 is 35.3 Å². The summed E-state index contributed by atoms with van der Waals surface area (Å²) in [6, 6.07) is 7.60. The van der Waals surface area contributed by atoms with E-state index in [1.807, 2.05) is 60.3 Å². The van der Waals surface area contributed by atoms with Crippen LogP contribution in [0, 0.1) is 0 Å². The van der Waals surface area contributed by atoms with Crippen LogP contribution in [-0.4, -0.2) is 41.6 Å². The molecule has 2 heterocycles. The van der Waals surface area contributed by atoms with E-state index in [2.05, 4.69) is 20.6 Å². The number of fused-ring (bicyclic) bond motifs is 1. The number of imidazole rings is 1. The Morgan fingerprint density at radius 2 is 2.14 bits per heavy atom. The van der Waals surface area contributed by atoms with Crippen molar-refractivity contribution in [1.29, 1.82) is 0 Å². The number of thiazole rings is 1. The highest BCUT2D eigenvalue weighted by Gasteiger charge is 2.07. The molecule has 0 aliphatic heterocycles. The number of nitrogens with zero attached hydrogens (tertiary/aromatic N) is 3. The Balaban J connectivity index is 0.00000280. The first-order valence-corrected chi connectivity index (χ1v) is 9.80. The summed E-state index contributed by atoms with van der Waals surface area (Å²) >= 11 is 1.62. The molecule has 0 amide bonds. The van der Waals surface area contributed by atoms with Crippen molar-refractivity contribution in [3.05, 3.63) is 47.7 Å². The number of aromatic nitrogens is 2. The summed E-state index contributed by atoms with van der Waals surface area (Å²) in [4.78, 5) is 10.2. The second-order valence-corrected chi connectivity index (χ2v) is 6.88. The van der Waals surface area contributed by atoms with Gasteiger partial charge in [-0.2, -0.15) is 0 Å².